The van der Waals surface area contributed by atoms with Crippen molar-refractivity contribution < 1.29 is 4.74 Å². The lowest BCUT2D eigenvalue weighted by Gasteiger charge is -2.27. The smallest absolute Gasteiger partial charge is 0.216 e. The highest BCUT2D eigenvalue weighted by atomic mass is 16.5. The van der Waals surface area contributed by atoms with Gasteiger partial charge in [0, 0.05) is 24.2 Å². The lowest BCUT2D eigenvalue weighted by atomic mass is 9.88. The first-order chi connectivity index (χ1) is 9.74. The lowest BCUT2D eigenvalue weighted by molar-refractivity contribution is 0.317. The summed E-state index contributed by atoms with van der Waals surface area (Å²) < 4.78 is 5.18. The average Bonchev–Trinajstić information content (AvgIpc) is 2.48. The van der Waals surface area contributed by atoms with Gasteiger partial charge in [-0.1, -0.05) is 40.0 Å². The van der Waals surface area contributed by atoms with Gasteiger partial charge in [0.15, 0.2) is 0 Å². The van der Waals surface area contributed by atoms with E-state index in [-0.39, 0.29) is 0 Å². The first kappa shape index (κ1) is 16.9. The summed E-state index contributed by atoms with van der Waals surface area (Å²) in [6.45, 7) is 7.70. The van der Waals surface area contributed by atoms with Crippen molar-refractivity contribution in [3.05, 3.63) is 18.1 Å². The molecule has 0 saturated carbocycles. The number of hydrogen-bond donors (Lipinski definition) is 1. The van der Waals surface area contributed by atoms with Crippen molar-refractivity contribution in [2.24, 2.45) is 5.92 Å². The SMILES string of the molecule is CCCCC(CC)C(Cc1cc(OC)ncn1)NCC. The second-order valence-corrected chi connectivity index (χ2v) is 5.23. The Morgan fingerprint density at radius 3 is 2.65 bits per heavy atom. The Morgan fingerprint density at radius 1 is 1.25 bits per heavy atom. The van der Waals surface area contributed by atoms with Crippen molar-refractivity contribution >= 4 is 0 Å². The minimum absolute atomic E-state index is 0.483. The van der Waals surface area contributed by atoms with Gasteiger partial charge in [-0.2, -0.15) is 0 Å². The average molecular weight is 279 g/mol. The molecule has 0 aromatic carbocycles. The van der Waals surface area contributed by atoms with Crippen molar-refractivity contribution in [2.75, 3.05) is 13.7 Å². The zero-order chi connectivity index (χ0) is 14.8. The molecule has 0 aliphatic rings. The van der Waals surface area contributed by atoms with E-state index in [4.69, 9.17) is 4.74 Å². The fourth-order valence-electron chi connectivity index (χ4n) is 2.65. The zero-order valence-corrected chi connectivity index (χ0v) is 13.4. The summed E-state index contributed by atoms with van der Waals surface area (Å²) in [5.74, 6) is 1.35. The molecule has 1 aromatic heterocycles. The molecule has 0 spiro atoms. The van der Waals surface area contributed by atoms with Crippen molar-refractivity contribution in [1.29, 1.82) is 0 Å². The Balaban J connectivity index is 2.73. The Bertz CT molecular complexity index is 370. The van der Waals surface area contributed by atoms with Gasteiger partial charge < -0.3 is 10.1 Å². The molecule has 114 valence electrons. The van der Waals surface area contributed by atoms with Gasteiger partial charge in [0.1, 0.15) is 6.33 Å². The highest BCUT2D eigenvalue weighted by Gasteiger charge is 2.19. The third kappa shape index (κ3) is 5.45. The largest absolute Gasteiger partial charge is 0.481 e. The molecule has 0 fully saturated rings. The van der Waals surface area contributed by atoms with Gasteiger partial charge in [-0.25, -0.2) is 9.97 Å². The molecule has 0 aliphatic carbocycles. The number of rotatable bonds is 10. The van der Waals surface area contributed by atoms with Gasteiger partial charge in [0.2, 0.25) is 5.88 Å². The molecule has 0 saturated heterocycles. The summed E-state index contributed by atoms with van der Waals surface area (Å²) in [6, 6.07) is 2.42. The maximum Gasteiger partial charge on any atom is 0.216 e. The van der Waals surface area contributed by atoms with Crippen molar-refractivity contribution in [1.82, 2.24) is 15.3 Å². The molecule has 1 aromatic rings. The molecule has 2 unspecified atom stereocenters. The van der Waals surface area contributed by atoms with Gasteiger partial charge in [-0.05, 0) is 18.9 Å². The molecule has 2 atom stereocenters. The van der Waals surface area contributed by atoms with Gasteiger partial charge >= 0.3 is 0 Å². The predicted molar refractivity (Wildman–Crippen MR) is 83.1 cm³/mol. The van der Waals surface area contributed by atoms with Crippen LogP contribution in [-0.2, 0) is 6.42 Å². The van der Waals surface area contributed by atoms with Crippen molar-refractivity contribution in [3.8, 4) is 5.88 Å². The van der Waals surface area contributed by atoms with Crippen LogP contribution < -0.4 is 10.1 Å². The number of hydrogen-bond acceptors (Lipinski definition) is 4. The Labute approximate surface area is 123 Å². The number of aromatic nitrogens is 2. The van der Waals surface area contributed by atoms with Crippen LogP contribution in [0.25, 0.3) is 0 Å². The van der Waals surface area contributed by atoms with Crippen LogP contribution in [0.5, 0.6) is 5.88 Å². The van der Waals surface area contributed by atoms with Crippen LogP contribution in [0.2, 0.25) is 0 Å². The van der Waals surface area contributed by atoms with E-state index in [1.165, 1.54) is 25.7 Å². The normalized spacial score (nSPS) is 14.0. The molecule has 4 heteroatoms. The molecule has 4 nitrogen and oxygen atoms in total. The molecule has 1 rings (SSSR count). The number of unbranched alkanes of at least 4 members (excludes halogenated alkanes) is 1. The fourth-order valence-corrected chi connectivity index (χ4v) is 2.65. The molecule has 1 N–H and O–H groups in total. The minimum atomic E-state index is 0.483. The second kappa shape index (κ2) is 9.70. The van der Waals surface area contributed by atoms with E-state index in [1.54, 1.807) is 13.4 Å². The first-order valence-electron chi connectivity index (χ1n) is 7.83. The molecule has 1 heterocycles. The summed E-state index contributed by atoms with van der Waals surface area (Å²) in [6.07, 6.45) is 7.58. The number of likely N-dealkylation sites (N-methyl/N-ethyl adjacent to an activating group) is 1. The van der Waals surface area contributed by atoms with Crippen LogP contribution in [0.3, 0.4) is 0 Å². The molecule has 0 bridgehead atoms. The minimum Gasteiger partial charge on any atom is -0.481 e. The van der Waals surface area contributed by atoms with E-state index in [2.05, 4.69) is 36.1 Å². The molecule has 0 amide bonds. The zero-order valence-electron chi connectivity index (χ0n) is 13.4. The number of methoxy groups -OCH3 is 1. The quantitative estimate of drug-likeness (QED) is 0.714. The first-order valence-corrected chi connectivity index (χ1v) is 7.83. The van der Waals surface area contributed by atoms with Crippen LogP contribution in [0.4, 0.5) is 0 Å². The van der Waals surface area contributed by atoms with E-state index < -0.39 is 0 Å². The van der Waals surface area contributed by atoms with Crippen LogP contribution in [0.15, 0.2) is 12.4 Å². The number of ether oxygens (including phenoxy) is 1. The van der Waals surface area contributed by atoms with E-state index in [0.717, 1.165) is 18.7 Å². The van der Waals surface area contributed by atoms with E-state index >= 15 is 0 Å². The fraction of sp³-hybridized carbons (Fsp3) is 0.750. The third-order valence-electron chi connectivity index (χ3n) is 3.83. The maximum absolute atomic E-state index is 5.18. The molecule has 20 heavy (non-hydrogen) atoms. The standard InChI is InChI=1S/C16H29N3O/c1-5-8-9-13(6-2)15(17-7-3)10-14-11-16(20-4)19-12-18-14/h11-13,15,17H,5-10H2,1-4H3. The highest BCUT2D eigenvalue weighted by Crippen LogP contribution is 2.20. The highest BCUT2D eigenvalue weighted by molar-refractivity contribution is 5.14. The second-order valence-electron chi connectivity index (χ2n) is 5.23. The Morgan fingerprint density at radius 2 is 2.05 bits per heavy atom. The van der Waals surface area contributed by atoms with Gasteiger partial charge in [0.25, 0.3) is 0 Å². The van der Waals surface area contributed by atoms with Gasteiger partial charge in [0.05, 0.1) is 7.11 Å². The summed E-state index contributed by atoms with van der Waals surface area (Å²) in [5.41, 5.74) is 1.05. The van der Waals surface area contributed by atoms with E-state index in [9.17, 15) is 0 Å². The van der Waals surface area contributed by atoms with Gasteiger partial charge in [-0.15, -0.1) is 0 Å². The monoisotopic (exact) mass is 279 g/mol. The molecule has 0 aliphatic heterocycles. The topological polar surface area (TPSA) is 47.0 Å². The Kier molecular flexibility index (Phi) is 8.19. The summed E-state index contributed by atoms with van der Waals surface area (Å²) in [4.78, 5) is 8.45. The molecule has 0 radical (unpaired) electrons. The molecular weight excluding hydrogens is 250 g/mol. The van der Waals surface area contributed by atoms with Crippen LogP contribution in [0, 0.1) is 5.92 Å². The maximum atomic E-state index is 5.18. The predicted octanol–water partition coefficient (Wildman–Crippen LogP) is 3.22. The van der Waals surface area contributed by atoms with Crippen LogP contribution in [0.1, 0.15) is 52.1 Å². The Hall–Kier alpha value is -1.16. The molecular formula is C16H29N3O. The van der Waals surface area contributed by atoms with Crippen LogP contribution >= 0.6 is 0 Å². The van der Waals surface area contributed by atoms with Crippen molar-refractivity contribution in [2.45, 2.75) is 58.9 Å². The third-order valence-corrected chi connectivity index (χ3v) is 3.83. The summed E-state index contributed by atoms with van der Waals surface area (Å²) in [7, 11) is 1.64. The number of nitrogens with one attached hydrogen (secondary N) is 1. The summed E-state index contributed by atoms with van der Waals surface area (Å²) in [5, 5.41) is 3.63. The van der Waals surface area contributed by atoms with E-state index in [0.29, 0.717) is 17.8 Å². The van der Waals surface area contributed by atoms with E-state index in [1.807, 2.05) is 6.07 Å². The van der Waals surface area contributed by atoms with Crippen molar-refractivity contribution in [3.63, 3.8) is 0 Å². The summed E-state index contributed by atoms with van der Waals surface area (Å²) >= 11 is 0. The lowest BCUT2D eigenvalue weighted by Crippen LogP contribution is -2.38. The van der Waals surface area contributed by atoms with Crippen LogP contribution in [-0.4, -0.2) is 29.7 Å². The number of nitrogens with zero attached hydrogens (tertiary/aromatic N) is 2. The van der Waals surface area contributed by atoms with Gasteiger partial charge in [-0.3, -0.25) is 0 Å².